The third-order valence-electron chi connectivity index (χ3n) is 5.30. The number of ether oxygens (including phenoxy) is 2. The Hall–Kier alpha value is -2.50. The first-order valence-electron chi connectivity index (χ1n) is 8.87. The van der Waals surface area contributed by atoms with Gasteiger partial charge in [-0.1, -0.05) is 30.3 Å². The lowest BCUT2D eigenvalue weighted by molar-refractivity contribution is -0.941. The van der Waals surface area contributed by atoms with Gasteiger partial charge in [-0.15, -0.1) is 11.3 Å². The molecule has 132 valence electrons. The van der Waals surface area contributed by atoms with Gasteiger partial charge in [-0.3, -0.25) is 0 Å². The number of rotatable bonds is 3. The third kappa shape index (κ3) is 2.64. The molecule has 0 bridgehead atoms. The normalized spacial score (nSPS) is 20.8. The van der Waals surface area contributed by atoms with Gasteiger partial charge in [0, 0.05) is 28.5 Å². The number of phenols is 1. The Bertz CT molecular complexity index is 938. The number of thiophene rings is 1. The zero-order valence-electron chi connectivity index (χ0n) is 14.3. The number of quaternary nitrogens is 1. The van der Waals surface area contributed by atoms with Gasteiger partial charge in [0.15, 0.2) is 11.5 Å². The zero-order chi connectivity index (χ0) is 17.5. The monoisotopic (exact) mass is 366 g/mol. The topological polar surface area (TPSA) is 43.1 Å². The molecular formula is C21H20NO3S+. The highest BCUT2D eigenvalue weighted by Gasteiger charge is 2.34. The highest BCUT2D eigenvalue weighted by atomic mass is 32.1. The van der Waals surface area contributed by atoms with Crippen molar-refractivity contribution in [2.24, 2.45) is 0 Å². The van der Waals surface area contributed by atoms with Gasteiger partial charge in [0.05, 0.1) is 12.1 Å². The van der Waals surface area contributed by atoms with E-state index in [0.717, 1.165) is 30.8 Å². The summed E-state index contributed by atoms with van der Waals surface area (Å²) in [6, 6.07) is 16.8. The van der Waals surface area contributed by atoms with Crippen molar-refractivity contribution in [3.05, 3.63) is 75.5 Å². The Morgan fingerprint density at radius 3 is 2.73 bits per heavy atom. The number of hydrogen-bond acceptors (Lipinski definition) is 4. The lowest BCUT2D eigenvalue weighted by atomic mass is 9.92. The van der Waals surface area contributed by atoms with Gasteiger partial charge >= 0.3 is 0 Å². The van der Waals surface area contributed by atoms with E-state index in [4.69, 9.17) is 9.47 Å². The van der Waals surface area contributed by atoms with E-state index in [1.54, 1.807) is 6.07 Å². The molecule has 2 aliphatic rings. The number of phenolic OH excluding ortho intramolecular Hbond substituents is 1. The van der Waals surface area contributed by atoms with E-state index in [2.05, 4.69) is 41.8 Å². The molecule has 0 aliphatic carbocycles. The summed E-state index contributed by atoms with van der Waals surface area (Å²) in [6.07, 6.45) is 1.08. The molecular weight excluding hydrogens is 346 g/mol. The summed E-state index contributed by atoms with van der Waals surface area (Å²) in [5, 5.41) is 12.7. The number of nitrogens with one attached hydrogen (secondary N) is 1. The van der Waals surface area contributed by atoms with Crippen LogP contribution in [0.1, 0.15) is 27.6 Å². The van der Waals surface area contributed by atoms with Gasteiger partial charge in [-0.2, -0.15) is 0 Å². The van der Waals surface area contributed by atoms with E-state index < -0.39 is 0 Å². The second kappa shape index (κ2) is 6.34. The summed E-state index contributed by atoms with van der Waals surface area (Å²) in [6.45, 7) is 2.01. The molecule has 0 spiro atoms. The summed E-state index contributed by atoms with van der Waals surface area (Å²) >= 11 is 1.85. The maximum atomic E-state index is 10.5. The highest BCUT2D eigenvalue weighted by Crippen LogP contribution is 2.38. The van der Waals surface area contributed by atoms with E-state index in [9.17, 15) is 5.11 Å². The zero-order valence-corrected chi connectivity index (χ0v) is 15.1. The highest BCUT2D eigenvalue weighted by molar-refractivity contribution is 7.10. The first-order valence-corrected chi connectivity index (χ1v) is 9.75. The van der Waals surface area contributed by atoms with Gasteiger partial charge in [0.2, 0.25) is 6.79 Å². The molecule has 1 aromatic heterocycles. The summed E-state index contributed by atoms with van der Waals surface area (Å²) in [4.78, 5) is 2.92. The van der Waals surface area contributed by atoms with Crippen LogP contribution < -0.4 is 14.4 Å². The molecule has 2 aromatic carbocycles. The van der Waals surface area contributed by atoms with Crippen LogP contribution in [0.3, 0.4) is 0 Å². The summed E-state index contributed by atoms with van der Waals surface area (Å²) in [5.41, 5.74) is 3.65. The Morgan fingerprint density at radius 2 is 1.88 bits per heavy atom. The predicted molar refractivity (Wildman–Crippen MR) is 100 cm³/mol. The van der Waals surface area contributed by atoms with Gasteiger partial charge in [-0.25, -0.2) is 0 Å². The van der Waals surface area contributed by atoms with Crippen molar-refractivity contribution in [1.82, 2.24) is 0 Å². The molecule has 4 nitrogen and oxygen atoms in total. The molecule has 5 rings (SSSR count). The molecule has 26 heavy (non-hydrogen) atoms. The van der Waals surface area contributed by atoms with Crippen LogP contribution in [0.25, 0.3) is 0 Å². The van der Waals surface area contributed by atoms with Crippen LogP contribution in [-0.2, 0) is 13.0 Å². The molecule has 2 aliphatic heterocycles. The number of hydrogen-bond donors (Lipinski definition) is 2. The van der Waals surface area contributed by atoms with Crippen LogP contribution >= 0.6 is 11.3 Å². The Kier molecular flexibility index (Phi) is 3.84. The smallest absolute Gasteiger partial charge is 0.231 e. The molecule has 1 unspecified atom stereocenters. The van der Waals surface area contributed by atoms with Crippen LogP contribution in [0.15, 0.2) is 53.9 Å². The Morgan fingerprint density at radius 1 is 1.08 bits per heavy atom. The number of benzene rings is 2. The van der Waals surface area contributed by atoms with E-state index in [1.165, 1.54) is 20.9 Å². The molecule has 2 N–H and O–H groups in total. The van der Waals surface area contributed by atoms with Crippen molar-refractivity contribution >= 4 is 11.3 Å². The van der Waals surface area contributed by atoms with Gasteiger partial charge < -0.3 is 19.5 Å². The maximum absolute atomic E-state index is 10.5. The van der Waals surface area contributed by atoms with Gasteiger partial charge in [0.25, 0.3) is 0 Å². The molecule has 0 radical (unpaired) electrons. The molecule has 5 heteroatoms. The standard InChI is InChI=1S/C21H19NO3S/c23-17-11-19-18(24-13-25-19)10-15(17)12-22-8-6-20-16(7-9-26-20)21(22)14-4-2-1-3-5-14/h1-5,7,9-11,21,23H,6,8,12-13H2/p+1/t21-/m1/s1. The second-order valence-electron chi connectivity index (χ2n) is 6.81. The summed E-state index contributed by atoms with van der Waals surface area (Å²) in [5.74, 6) is 1.63. The fourth-order valence-electron chi connectivity index (χ4n) is 4.06. The van der Waals surface area contributed by atoms with Crippen LogP contribution in [0.5, 0.6) is 17.2 Å². The molecule has 2 atom stereocenters. The number of fused-ring (bicyclic) bond motifs is 2. The van der Waals surface area contributed by atoms with Crippen LogP contribution in [0, 0.1) is 0 Å². The molecule has 0 saturated carbocycles. The van der Waals surface area contributed by atoms with Crippen LogP contribution in [0.2, 0.25) is 0 Å². The van der Waals surface area contributed by atoms with Crippen molar-refractivity contribution in [3.8, 4) is 17.2 Å². The van der Waals surface area contributed by atoms with E-state index in [-0.39, 0.29) is 18.6 Å². The largest absolute Gasteiger partial charge is 0.507 e. The average molecular weight is 366 g/mol. The quantitative estimate of drug-likeness (QED) is 0.749. The van der Waals surface area contributed by atoms with Crippen LogP contribution in [0.4, 0.5) is 0 Å². The van der Waals surface area contributed by atoms with Crippen LogP contribution in [-0.4, -0.2) is 18.4 Å². The molecule has 3 aromatic rings. The SMILES string of the molecule is Oc1cc2c(cc1C[NH+]1CCc3sccc3[C@H]1c1ccccc1)OCO2. The van der Waals surface area contributed by atoms with Crippen molar-refractivity contribution in [2.45, 2.75) is 19.0 Å². The second-order valence-corrected chi connectivity index (χ2v) is 7.81. The Balaban J connectivity index is 1.52. The lowest BCUT2D eigenvalue weighted by Crippen LogP contribution is -3.12. The van der Waals surface area contributed by atoms with Gasteiger partial charge in [-0.05, 0) is 17.5 Å². The lowest BCUT2D eigenvalue weighted by Gasteiger charge is -2.33. The fourth-order valence-corrected chi connectivity index (χ4v) is 4.98. The average Bonchev–Trinajstić information content (AvgIpc) is 3.31. The predicted octanol–water partition coefficient (Wildman–Crippen LogP) is 2.91. The first kappa shape index (κ1) is 15.7. The van der Waals surface area contributed by atoms with Gasteiger partial charge in [0.1, 0.15) is 18.3 Å². The van der Waals surface area contributed by atoms with E-state index in [1.807, 2.05) is 17.4 Å². The van der Waals surface area contributed by atoms with Crippen molar-refractivity contribution in [2.75, 3.05) is 13.3 Å². The summed E-state index contributed by atoms with van der Waals surface area (Å²) in [7, 11) is 0. The minimum Gasteiger partial charge on any atom is -0.507 e. The Labute approximate surface area is 156 Å². The van der Waals surface area contributed by atoms with Crippen molar-refractivity contribution < 1.29 is 19.5 Å². The van der Waals surface area contributed by atoms with E-state index >= 15 is 0 Å². The third-order valence-corrected chi connectivity index (χ3v) is 6.29. The fraction of sp³-hybridized carbons (Fsp3) is 0.238. The molecule has 0 saturated heterocycles. The molecule has 3 heterocycles. The summed E-state index contributed by atoms with van der Waals surface area (Å²) < 4.78 is 10.9. The maximum Gasteiger partial charge on any atom is 0.231 e. The molecule has 0 amide bonds. The van der Waals surface area contributed by atoms with E-state index in [0.29, 0.717) is 5.75 Å². The molecule has 0 fully saturated rings. The number of aromatic hydroxyl groups is 1. The first-order chi connectivity index (χ1) is 12.8. The minimum absolute atomic E-state index is 0.222. The minimum atomic E-state index is 0.222. The van der Waals surface area contributed by atoms with Crippen molar-refractivity contribution in [1.29, 1.82) is 0 Å². The van der Waals surface area contributed by atoms with Crippen molar-refractivity contribution in [3.63, 3.8) is 0 Å².